The number of carbonyl (C=O) groups excluding carboxylic acids is 1. The van der Waals surface area contributed by atoms with E-state index in [0.29, 0.717) is 29.2 Å². The standard InChI is InChI=1S/C23H16F2O4/c24-23(25)29-19-9-5-4-8-16(19)12-21-22(26)18-11-10-17(13-20(18)28-21)27-14-15-6-2-1-3-7-15/h1-13,23H,14H2/b21-12-. The predicted molar refractivity (Wildman–Crippen MR) is 103 cm³/mol. The number of rotatable bonds is 6. The Hall–Kier alpha value is -3.67. The number of Topliss-reactive ketones (excluding diaryl/α,β-unsaturated/α-hetero) is 1. The molecular formula is C23H16F2O4. The van der Waals surface area contributed by atoms with E-state index < -0.39 is 6.61 Å². The molecule has 0 aliphatic carbocycles. The molecule has 3 aromatic rings. The molecule has 1 aliphatic heterocycles. The van der Waals surface area contributed by atoms with E-state index in [9.17, 15) is 13.6 Å². The van der Waals surface area contributed by atoms with E-state index in [1.807, 2.05) is 30.3 Å². The van der Waals surface area contributed by atoms with Crippen LogP contribution in [-0.2, 0) is 6.61 Å². The molecule has 0 N–H and O–H groups in total. The Kier molecular flexibility index (Phi) is 5.24. The van der Waals surface area contributed by atoms with E-state index >= 15 is 0 Å². The predicted octanol–water partition coefficient (Wildman–Crippen LogP) is 5.48. The third kappa shape index (κ3) is 4.27. The van der Waals surface area contributed by atoms with Crippen molar-refractivity contribution in [2.45, 2.75) is 13.2 Å². The van der Waals surface area contributed by atoms with Crippen LogP contribution in [0.5, 0.6) is 17.2 Å². The second-order valence-electron chi connectivity index (χ2n) is 6.29. The summed E-state index contributed by atoms with van der Waals surface area (Å²) in [6.07, 6.45) is 1.39. The summed E-state index contributed by atoms with van der Waals surface area (Å²) in [5.41, 5.74) is 1.72. The highest BCUT2D eigenvalue weighted by molar-refractivity contribution is 6.14. The number of ketones is 1. The number of halogens is 2. The normalized spacial score (nSPS) is 14.0. The average molecular weight is 394 g/mol. The molecule has 0 unspecified atom stereocenters. The minimum Gasteiger partial charge on any atom is -0.489 e. The number of para-hydroxylation sites is 1. The molecule has 0 saturated carbocycles. The van der Waals surface area contributed by atoms with Crippen LogP contribution in [0, 0.1) is 0 Å². The molecular weight excluding hydrogens is 378 g/mol. The summed E-state index contributed by atoms with van der Waals surface area (Å²) in [6.45, 7) is -2.58. The van der Waals surface area contributed by atoms with Crippen molar-refractivity contribution in [3.63, 3.8) is 0 Å². The third-order valence-corrected chi connectivity index (χ3v) is 4.31. The molecule has 1 aliphatic rings. The summed E-state index contributed by atoms with van der Waals surface area (Å²) in [4.78, 5) is 12.6. The minimum absolute atomic E-state index is 0.0329. The number of alkyl halides is 2. The highest BCUT2D eigenvalue weighted by Gasteiger charge is 2.28. The first kappa shape index (κ1) is 18.7. The Balaban J connectivity index is 1.53. The lowest BCUT2D eigenvalue weighted by Crippen LogP contribution is -2.04. The van der Waals surface area contributed by atoms with Crippen LogP contribution in [0.25, 0.3) is 6.08 Å². The first-order chi connectivity index (χ1) is 14.1. The number of carbonyl (C=O) groups is 1. The smallest absolute Gasteiger partial charge is 0.387 e. The number of ether oxygens (including phenoxy) is 3. The van der Waals surface area contributed by atoms with Crippen molar-refractivity contribution < 1.29 is 27.8 Å². The topological polar surface area (TPSA) is 44.8 Å². The molecule has 1 heterocycles. The molecule has 0 spiro atoms. The number of allylic oxidation sites excluding steroid dienone is 1. The van der Waals surface area contributed by atoms with Crippen LogP contribution in [-0.4, -0.2) is 12.4 Å². The van der Waals surface area contributed by atoms with Crippen molar-refractivity contribution >= 4 is 11.9 Å². The molecule has 0 atom stereocenters. The zero-order valence-corrected chi connectivity index (χ0v) is 15.2. The van der Waals surface area contributed by atoms with Crippen LogP contribution in [0.4, 0.5) is 8.78 Å². The maximum absolute atomic E-state index is 12.6. The van der Waals surface area contributed by atoms with Gasteiger partial charge >= 0.3 is 6.61 Å². The van der Waals surface area contributed by atoms with Crippen molar-refractivity contribution in [2.24, 2.45) is 0 Å². The summed E-state index contributed by atoms with van der Waals surface area (Å²) in [5.74, 6) is 0.586. The van der Waals surface area contributed by atoms with Crippen molar-refractivity contribution in [1.82, 2.24) is 0 Å². The highest BCUT2D eigenvalue weighted by Crippen LogP contribution is 2.36. The lowest BCUT2D eigenvalue weighted by atomic mass is 10.1. The monoisotopic (exact) mass is 394 g/mol. The van der Waals surface area contributed by atoms with Crippen LogP contribution in [0.3, 0.4) is 0 Å². The van der Waals surface area contributed by atoms with E-state index in [0.717, 1.165) is 5.56 Å². The van der Waals surface area contributed by atoms with Gasteiger partial charge in [0.05, 0.1) is 5.56 Å². The number of benzene rings is 3. The first-order valence-corrected chi connectivity index (χ1v) is 8.89. The Morgan fingerprint density at radius 3 is 2.52 bits per heavy atom. The van der Waals surface area contributed by atoms with E-state index in [4.69, 9.17) is 9.47 Å². The lowest BCUT2D eigenvalue weighted by molar-refractivity contribution is -0.0499. The molecule has 0 aromatic heterocycles. The number of hydrogen-bond acceptors (Lipinski definition) is 4. The van der Waals surface area contributed by atoms with E-state index in [1.165, 1.54) is 12.1 Å². The third-order valence-electron chi connectivity index (χ3n) is 4.31. The van der Waals surface area contributed by atoms with Crippen LogP contribution < -0.4 is 14.2 Å². The van der Waals surface area contributed by atoms with Crippen LogP contribution in [0.2, 0.25) is 0 Å². The van der Waals surface area contributed by atoms with E-state index in [2.05, 4.69) is 4.74 Å². The van der Waals surface area contributed by atoms with Crippen molar-refractivity contribution in [1.29, 1.82) is 0 Å². The Bertz CT molecular complexity index is 1060. The van der Waals surface area contributed by atoms with Gasteiger partial charge in [-0.2, -0.15) is 8.78 Å². The fourth-order valence-electron chi connectivity index (χ4n) is 2.94. The molecule has 0 fully saturated rings. The van der Waals surface area contributed by atoms with Gasteiger partial charge in [0.1, 0.15) is 23.9 Å². The summed E-state index contributed by atoms with van der Waals surface area (Å²) in [5, 5.41) is 0. The van der Waals surface area contributed by atoms with Crippen LogP contribution in [0.15, 0.2) is 78.6 Å². The van der Waals surface area contributed by atoms with Crippen LogP contribution >= 0.6 is 0 Å². The van der Waals surface area contributed by atoms with Crippen molar-refractivity contribution in [3.05, 3.63) is 95.2 Å². The van der Waals surface area contributed by atoms with Gasteiger partial charge in [-0.05, 0) is 29.8 Å². The SMILES string of the molecule is O=C1/C(=C/c2ccccc2OC(F)F)Oc2cc(OCc3ccccc3)ccc21. The summed E-state index contributed by atoms with van der Waals surface area (Å²) < 4.78 is 41.1. The van der Waals surface area contributed by atoms with Gasteiger partial charge in [0.15, 0.2) is 5.76 Å². The van der Waals surface area contributed by atoms with Gasteiger partial charge in [0.25, 0.3) is 0 Å². The fourth-order valence-corrected chi connectivity index (χ4v) is 2.94. The Morgan fingerprint density at radius 1 is 0.966 bits per heavy atom. The van der Waals surface area contributed by atoms with E-state index in [-0.39, 0.29) is 17.3 Å². The van der Waals surface area contributed by atoms with Gasteiger partial charge in [-0.15, -0.1) is 0 Å². The van der Waals surface area contributed by atoms with Gasteiger partial charge in [-0.1, -0.05) is 48.5 Å². The highest BCUT2D eigenvalue weighted by atomic mass is 19.3. The van der Waals surface area contributed by atoms with Gasteiger partial charge in [0, 0.05) is 11.6 Å². The quantitative estimate of drug-likeness (QED) is 0.519. The van der Waals surface area contributed by atoms with Gasteiger partial charge in [-0.25, -0.2) is 0 Å². The number of fused-ring (bicyclic) bond motifs is 1. The van der Waals surface area contributed by atoms with Crippen molar-refractivity contribution in [3.8, 4) is 17.2 Å². The van der Waals surface area contributed by atoms with Gasteiger partial charge in [0.2, 0.25) is 5.78 Å². The second kappa shape index (κ2) is 8.14. The summed E-state index contributed by atoms with van der Waals surface area (Å²) in [6, 6.07) is 20.8. The zero-order chi connectivity index (χ0) is 20.2. The first-order valence-electron chi connectivity index (χ1n) is 8.89. The molecule has 0 saturated heterocycles. The maximum Gasteiger partial charge on any atom is 0.387 e. The average Bonchev–Trinajstić information content (AvgIpc) is 3.03. The number of hydrogen-bond donors (Lipinski definition) is 0. The lowest BCUT2D eigenvalue weighted by Gasteiger charge is -2.08. The van der Waals surface area contributed by atoms with Crippen molar-refractivity contribution in [2.75, 3.05) is 0 Å². The Morgan fingerprint density at radius 2 is 1.72 bits per heavy atom. The minimum atomic E-state index is -2.96. The van der Waals surface area contributed by atoms with Gasteiger partial charge in [-0.3, -0.25) is 4.79 Å². The molecule has 0 radical (unpaired) electrons. The molecule has 0 amide bonds. The van der Waals surface area contributed by atoms with E-state index in [1.54, 1.807) is 36.4 Å². The van der Waals surface area contributed by atoms with Gasteiger partial charge < -0.3 is 14.2 Å². The molecule has 6 heteroatoms. The summed E-state index contributed by atoms with van der Waals surface area (Å²) in [7, 11) is 0. The molecule has 29 heavy (non-hydrogen) atoms. The molecule has 0 bridgehead atoms. The second-order valence-corrected chi connectivity index (χ2v) is 6.29. The largest absolute Gasteiger partial charge is 0.489 e. The molecule has 4 nitrogen and oxygen atoms in total. The maximum atomic E-state index is 12.6. The fraction of sp³-hybridized carbons (Fsp3) is 0.0870. The Labute approximate surface area is 166 Å². The molecule has 4 rings (SSSR count). The zero-order valence-electron chi connectivity index (χ0n) is 15.2. The van der Waals surface area contributed by atoms with Crippen LogP contribution in [0.1, 0.15) is 21.5 Å². The summed E-state index contributed by atoms with van der Waals surface area (Å²) >= 11 is 0. The molecule has 3 aromatic carbocycles. The molecule has 146 valence electrons.